The summed E-state index contributed by atoms with van der Waals surface area (Å²) in [6, 6.07) is 14.2. The summed E-state index contributed by atoms with van der Waals surface area (Å²) in [6.45, 7) is 6.16. The Morgan fingerprint density at radius 3 is 1.80 bits per heavy atom. The Kier molecular flexibility index (Phi) is 5.68. The van der Waals surface area contributed by atoms with Gasteiger partial charge in [0.25, 0.3) is 5.91 Å². The molecular weight excluding hydrogens is 334 g/mol. The molecule has 0 saturated heterocycles. The fraction of sp³-hybridized carbons (Fsp3) is 0.350. The number of amides is 1. The Hall–Kier alpha value is -2.14. The van der Waals surface area contributed by atoms with Gasteiger partial charge < -0.3 is 4.90 Å². The van der Waals surface area contributed by atoms with Crippen molar-refractivity contribution in [2.24, 2.45) is 0 Å². The van der Waals surface area contributed by atoms with E-state index in [9.17, 15) is 13.2 Å². The molecule has 0 radical (unpaired) electrons. The summed E-state index contributed by atoms with van der Waals surface area (Å²) in [5.41, 5.74) is 2.73. The van der Waals surface area contributed by atoms with Crippen molar-refractivity contribution in [2.75, 3.05) is 13.3 Å². The second-order valence-electron chi connectivity index (χ2n) is 6.71. The van der Waals surface area contributed by atoms with Gasteiger partial charge >= 0.3 is 0 Å². The molecular formula is C20H25NO3S. The molecule has 0 saturated carbocycles. The van der Waals surface area contributed by atoms with Crippen molar-refractivity contribution in [2.45, 2.75) is 37.6 Å². The molecule has 1 amide bonds. The molecule has 134 valence electrons. The van der Waals surface area contributed by atoms with Gasteiger partial charge in [-0.05, 0) is 48.2 Å². The third-order valence-electron chi connectivity index (χ3n) is 4.52. The normalized spacial score (nSPS) is 12.9. The largest absolute Gasteiger partial charge is 0.335 e. The standard InChI is InChI=1S/C20H25NO3S/c1-14(2)16-6-8-18(9-7-16)20(22)21(4)15(3)17-10-12-19(13-11-17)25(5,23)24/h6-15H,1-5H3. The van der Waals surface area contributed by atoms with Crippen molar-refractivity contribution in [3.63, 3.8) is 0 Å². The summed E-state index contributed by atoms with van der Waals surface area (Å²) in [6.07, 6.45) is 1.18. The van der Waals surface area contributed by atoms with Crippen molar-refractivity contribution < 1.29 is 13.2 Å². The molecule has 0 spiro atoms. The monoisotopic (exact) mass is 359 g/mol. The van der Waals surface area contributed by atoms with Crippen LogP contribution in [0.5, 0.6) is 0 Å². The fourth-order valence-electron chi connectivity index (χ4n) is 2.61. The summed E-state index contributed by atoms with van der Waals surface area (Å²) in [7, 11) is -1.46. The molecule has 2 rings (SSSR count). The van der Waals surface area contributed by atoms with E-state index in [4.69, 9.17) is 0 Å². The summed E-state index contributed by atoms with van der Waals surface area (Å²) in [4.78, 5) is 14.6. The second-order valence-corrected chi connectivity index (χ2v) is 8.73. The quantitative estimate of drug-likeness (QED) is 0.809. The Morgan fingerprint density at radius 1 is 0.880 bits per heavy atom. The van der Waals surface area contributed by atoms with E-state index in [1.165, 1.54) is 11.8 Å². The summed E-state index contributed by atoms with van der Waals surface area (Å²) in [5, 5.41) is 0. The van der Waals surface area contributed by atoms with Gasteiger partial charge in [0.05, 0.1) is 10.9 Å². The van der Waals surface area contributed by atoms with E-state index in [0.717, 1.165) is 5.56 Å². The SMILES string of the molecule is CC(C)c1ccc(C(=O)N(C)C(C)c2ccc(S(C)(=O)=O)cc2)cc1. The molecule has 1 atom stereocenters. The van der Waals surface area contributed by atoms with Crippen LogP contribution in [0.15, 0.2) is 53.4 Å². The van der Waals surface area contributed by atoms with E-state index < -0.39 is 9.84 Å². The lowest BCUT2D eigenvalue weighted by molar-refractivity contribution is 0.0742. The molecule has 5 heteroatoms. The second kappa shape index (κ2) is 7.40. The molecule has 1 unspecified atom stereocenters. The van der Waals surface area contributed by atoms with Crippen LogP contribution in [0.4, 0.5) is 0 Å². The molecule has 0 bridgehead atoms. The number of carbonyl (C=O) groups excluding carboxylic acids is 1. The highest BCUT2D eigenvalue weighted by molar-refractivity contribution is 7.90. The lowest BCUT2D eigenvalue weighted by Gasteiger charge is -2.25. The first-order chi connectivity index (χ1) is 11.6. The Balaban J connectivity index is 2.18. The van der Waals surface area contributed by atoms with Crippen LogP contribution in [0.3, 0.4) is 0 Å². The zero-order valence-corrected chi connectivity index (χ0v) is 16.2. The van der Waals surface area contributed by atoms with Crippen molar-refractivity contribution >= 4 is 15.7 Å². The fourth-order valence-corrected chi connectivity index (χ4v) is 3.24. The van der Waals surface area contributed by atoms with Crippen molar-refractivity contribution in [1.82, 2.24) is 4.90 Å². The van der Waals surface area contributed by atoms with Crippen LogP contribution in [-0.4, -0.2) is 32.5 Å². The highest BCUT2D eigenvalue weighted by Gasteiger charge is 2.19. The van der Waals surface area contributed by atoms with E-state index in [2.05, 4.69) is 13.8 Å². The van der Waals surface area contributed by atoms with E-state index in [-0.39, 0.29) is 16.8 Å². The molecule has 2 aromatic rings. The Labute approximate surface area is 150 Å². The first-order valence-corrected chi connectivity index (χ1v) is 10.2. The van der Waals surface area contributed by atoms with Gasteiger partial charge in [0, 0.05) is 18.9 Å². The topological polar surface area (TPSA) is 54.5 Å². The lowest BCUT2D eigenvalue weighted by Crippen LogP contribution is -2.29. The zero-order valence-electron chi connectivity index (χ0n) is 15.4. The Morgan fingerprint density at radius 2 is 1.36 bits per heavy atom. The minimum Gasteiger partial charge on any atom is -0.335 e. The first-order valence-electron chi connectivity index (χ1n) is 8.28. The number of hydrogen-bond acceptors (Lipinski definition) is 3. The first kappa shape index (κ1) is 19.2. The van der Waals surface area contributed by atoms with Gasteiger partial charge in [0.15, 0.2) is 9.84 Å². The number of nitrogens with zero attached hydrogens (tertiary/aromatic N) is 1. The van der Waals surface area contributed by atoms with E-state index in [0.29, 0.717) is 11.5 Å². The van der Waals surface area contributed by atoms with Gasteiger partial charge in [0.2, 0.25) is 0 Å². The average Bonchev–Trinajstić information content (AvgIpc) is 2.59. The van der Waals surface area contributed by atoms with Crippen LogP contribution >= 0.6 is 0 Å². The molecule has 0 fully saturated rings. The van der Waals surface area contributed by atoms with Crippen LogP contribution < -0.4 is 0 Å². The van der Waals surface area contributed by atoms with Crippen molar-refractivity contribution in [1.29, 1.82) is 0 Å². The van der Waals surface area contributed by atoms with Gasteiger partial charge in [-0.3, -0.25) is 4.79 Å². The van der Waals surface area contributed by atoms with Gasteiger partial charge in [-0.15, -0.1) is 0 Å². The number of carbonyl (C=O) groups is 1. The highest BCUT2D eigenvalue weighted by atomic mass is 32.2. The van der Waals surface area contributed by atoms with Crippen LogP contribution in [0.1, 0.15) is 54.2 Å². The zero-order chi connectivity index (χ0) is 18.8. The molecule has 0 aliphatic heterocycles. The Bertz CT molecular complexity index is 838. The predicted octanol–water partition coefficient (Wildman–Crippen LogP) is 4.05. The van der Waals surface area contributed by atoms with Crippen LogP contribution in [0.2, 0.25) is 0 Å². The number of benzene rings is 2. The van der Waals surface area contributed by atoms with Crippen LogP contribution in [0.25, 0.3) is 0 Å². The number of rotatable bonds is 5. The maximum atomic E-state index is 12.7. The molecule has 0 aliphatic rings. The third-order valence-corrected chi connectivity index (χ3v) is 5.64. The van der Waals surface area contributed by atoms with Gasteiger partial charge in [0.1, 0.15) is 0 Å². The molecule has 2 aromatic carbocycles. The van der Waals surface area contributed by atoms with Gasteiger partial charge in [-0.1, -0.05) is 38.1 Å². The maximum Gasteiger partial charge on any atom is 0.254 e. The molecule has 4 nitrogen and oxygen atoms in total. The minimum absolute atomic E-state index is 0.0602. The smallest absolute Gasteiger partial charge is 0.254 e. The molecule has 0 N–H and O–H groups in total. The van der Waals surface area contributed by atoms with E-state index in [1.54, 1.807) is 36.2 Å². The maximum absolute atomic E-state index is 12.7. The van der Waals surface area contributed by atoms with E-state index >= 15 is 0 Å². The van der Waals surface area contributed by atoms with Crippen molar-refractivity contribution in [3.05, 3.63) is 65.2 Å². The highest BCUT2D eigenvalue weighted by Crippen LogP contribution is 2.23. The van der Waals surface area contributed by atoms with E-state index in [1.807, 2.05) is 31.2 Å². The lowest BCUT2D eigenvalue weighted by atomic mass is 10.0. The van der Waals surface area contributed by atoms with Crippen LogP contribution in [0, 0.1) is 0 Å². The molecule has 25 heavy (non-hydrogen) atoms. The van der Waals surface area contributed by atoms with Gasteiger partial charge in [-0.2, -0.15) is 0 Å². The number of hydrogen-bond donors (Lipinski definition) is 0. The molecule has 0 aliphatic carbocycles. The third kappa shape index (κ3) is 4.48. The summed E-state index contributed by atoms with van der Waals surface area (Å²) in [5.74, 6) is 0.365. The molecule has 0 aromatic heterocycles. The summed E-state index contributed by atoms with van der Waals surface area (Å²) < 4.78 is 23.1. The van der Waals surface area contributed by atoms with Crippen molar-refractivity contribution in [3.8, 4) is 0 Å². The average molecular weight is 359 g/mol. The minimum atomic E-state index is -3.22. The number of sulfone groups is 1. The van der Waals surface area contributed by atoms with Gasteiger partial charge in [-0.25, -0.2) is 8.42 Å². The van der Waals surface area contributed by atoms with Crippen LogP contribution in [-0.2, 0) is 9.84 Å². The predicted molar refractivity (Wildman–Crippen MR) is 101 cm³/mol. The summed E-state index contributed by atoms with van der Waals surface area (Å²) >= 11 is 0. The molecule has 0 heterocycles.